The Bertz CT molecular complexity index is 416. The molecule has 0 atom stereocenters. The Morgan fingerprint density at radius 3 is 2.31 bits per heavy atom. The van der Waals surface area contributed by atoms with E-state index < -0.39 is 0 Å². The van der Waals surface area contributed by atoms with Gasteiger partial charge in [-0.3, -0.25) is 0 Å². The maximum absolute atomic E-state index is 2.29. The molecule has 1 radical (unpaired) electrons. The first-order chi connectivity index (χ1) is 7.66. The van der Waals surface area contributed by atoms with Crippen molar-refractivity contribution in [2.75, 3.05) is 0 Å². The first-order valence-electron chi connectivity index (χ1n) is 5.99. The smallest absolute Gasteiger partial charge is 0.00491 e. The second-order valence-corrected chi connectivity index (χ2v) is 4.76. The van der Waals surface area contributed by atoms with Crippen LogP contribution in [0, 0.1) is 6.42 Å². The second kappa shape index (κ2) is 4.69. The minimum Gasteiger partial charge on any atom is -0.0810 e. The largest absolute Gasteiger partial charge is 0.0810 e. The molecule has 0 saturated carbocycles. The van der Waals surface area contributed by atoms with Crippen molar-refractivity contribution >= 4 is 5.57 Å². The van der Waals surface area contributed by atoms with Gasteiger partial charge in [0.2, 0.25) is 0 Å². The molecule has 0 aromatic heterocycles. The van der Waals surface area contributed by atoms with Gasteiger partial charge < -0.3 is 0 Å². The molecule has 1 aromatic carbocycles. The summed E-state index contributed by atoms with van der Waals surface area (Å²) in [4.78, 5) is 0. The lowest BCUT2D eigenvalue weighted by Gasteiger charge is -2.13. The van der Waals surface area contributed by atoms with Crippen molar-refractivity contribution in [2.24, 2.45) is 0 Å². The summed E-state index contributed by atoms with van der Waals surface area (Å²) in [5.74, 6) is 0.611. The standard InChI is InChI=1S/C16H19/c1-12(2)14-7-9-15(10-8-14)16-6-4-5-13(3)11-16/h5-12H,4H2,1-3H3. The molecule has 0 saturated heterocycles. The highest BCUT2D eigenvalue weighted by Crippen LogP contribution is 2.26. The van der Waals surface area contributed by atoms with Gasteiger partial charge in [-0.2, -0.15) is 0 Å². The predicted octanol–water partition coefficient (Wildman–Crippen LogP) is 4.75. The molecule has 83 valence electrons. The van der Waals surface area contributed by atoms with Gasteiger partial charge in [0.25, 0.3) is 0 Å². The third kappa shape index (κ3) is 2.44. The van der Waals surface area contributed by atoms with Crippen LogP contribution in [0.4, 0.5) is 0 Å². The van der Waals surface area contributed by atoms with Gasteiger partial charge in [-0.1, -0.05) is 55.8 Å². The molecule has 16 heavy (non-hydrogen) atoms. The van der Waals surface area contributed by atoms with Crippen molar-refractivity contribution in [3.05, 3.63) is 59.5 Å². The third-order valence-electron chi connectivity index (χ3n) is 3.07. The molecule has 1 aliphatic carbocycles. The highest BCUT2D eigenvalue weighted by molar-refractivity contribution is 5.75. The number of benzene rings is 1. The van der Waals surface area contributed by atoms with Crippen LogP contribution in [0.1, 0.15) is 44.2 Å². The van der Waals surface area contributed by atoms with Gasteiger partial charge in [0.05, 0.1) is 0 Å². The quantitative estimate of drug-likeness (QED) is 0.662. The fraction of sp³-hybridized carbons (Fsp3) is 0.312. The van der Waals surface area contributed by atoms with Gasteiger partial charge in [0.15, 0.2) is 0 Å². The monoisotopic (exact) mass is 211 g/mol. The fourth-order valence-electron chi connectivity index (χ4n) is 2.00. The number of hydrogen-bond acceptors (Lipinski definition) is 0. The van der Waals surface area contributed by atoms with E-state index >= 15 is 0 Å². The van der Waals surface area contributed by atoms with Gasteiger partial charge in [0, 0.05) is 0 Å². The van der Waals surface area contributed by atoms with E-state index in [9.17, 15) is 0 Å². The summed E-state index contributed by atoms with van der Waals surface area (Å²) < 4.78 is 0. The second-order valence-electron chi connectivity index (χ2n) is 4.76. The van der Waals surface area contributed by atoms with E-state index in [1.54, 1.807) is 0 Å². The van der Waals surface area contributed by atoms with Crippen molar-refractivity contribution in [1.82, 2.24) is 0 Å². The Morgan fingerprint density at radius 2 is 1.75 bits per heavy atom. The van der Waals surface area contributed by atoms with Gasteiger partial charge in [-0.25, -0.2) is 0 Å². The van der Waals surface area contributed by atoms with E-state index in [4.69, 9.17) is 0 Å². The van der Waals surface area contributed by atoms with Crippen LogP contribution in [-0.4, -0.2) is 0 Å². The molecule has 0 N–H and O–H groups in total. The maximum Gasteiger partial charge on any atom is -0.00491 e. The van der Waals surface area contributed by atoms with Gasteiger partial charge >= 0.3 is 0 Å². The van der Waals surface area contributed by atoms with Gasteiger partial charge in [0.1, 0.15) is 0 Å². The van der Waals surface area contributed by atoms with Crippen molar-refractivity contribution in [3.8, 4) is 0 Å². The molecule has 0 aliphatic heterocycles. The summed E-state index contributed by atoms with van der Waals surface area (Å²) in [6, 6.07) is 8.94. The van der Waals surface area contributed by atoms with Crippen LogP contribution >= 0.6 is 0 Å². The molecule has 2 rings (SSSR count). The Labute approximate surface area is 98.7 Å². The molecule has 0 unspecified atom stereocenters. The first kappa shape index (κ1) is 11.2. The lowest BCUT2D eigenvalue weighted by molar-refractivity contribution is 0.866. The van der Waals surface area contributed by atoms with Crippen LogP contribution in [0.15, 0.2) is 42.0 Å². The Kier molecular flexibility index (Phi) is 3.28. The zero-order valence-electron chi connectivity index (χ0n) is 10.3. The summed E-state index contributed by atoms with van der Waals surface area (Å²) in [5, 5.41) is 0. The van der Waals surface area contributed by atoms with Crippen LogP contribution in [0.2, 0.25) is 0 Å². The van der Waals surface area contributed by atoms with Crippen LogP contribution in [-0.2, 0) is 0 Å². The van der Waals surface area contributed by atoms with Crippen LogP contribution in [0.3, 0.4) is 0 Å². The molecule has 1 aromatic rings. The summed E-state index contributed by atoms with van der Waals surface area (Å²) in [6.07, 6.45) is 7.86. The van der Waals surface area contributed by atoms with Crippen LogP contribution in [0.5, 0.6) is 0 Å². The fourth-order valence-corrected chi connectivity index (χ4v) is 2.00. The average molecular weight is 211 g/mol. The van der Waals surface area contributed by atoms with E-state index in [-0.39, 0.29) is 0 Å². The zero-order valence-corrected chi connectivity index (χ0v) is 10.3. The Balaban J connectivity index is 2.25. The lowest BCUT2D eigenvalue weighted by atomic mass is 9.92. The molecule has 0 heteroatoms. The molecule has 0 nitrogen and oxygen atoms in total. The van der Waals surface area contributed by atoms with Crippen LogP contribution in [0.25, 0.3) is 5.57 Å². The minimum absolute atomic E-state index is 0.611. The van der Waals surface area contributed by atoms with E-state index in [0.29, 0.717) is 5.92 Å². The molecule has 0 bridgehead atoms. The number of rotatable bonds is 2. The van der Waals surface area contributed by atoms with Crippen molar-refractivity contribution in [1.29, 1.82) is 0 Å². The average Bonchev–Trinajstić information content (AvgIpc) is 2.29. The topological polar surface area (TPSA) is 0 Å². The predicted molar refractivity (Wildman–Crippen MR) is 71.2 cm³/mol. The van der Waals surface area contributed by atoms with E-state index in [1.165, 1.54) is 22.3 Å². The minimum atomic E-state index is 0.611. The van der Waals surface area contributed by atoms with E-state index in [2.05, 4.69) is 63.6 Å². The summed E-state index contributed by atoms with van der Waals surface area (Å²) >= 11 is 0. The SMILES string of the molecule is CC1=CC[CH]C(c2ccc(C(C)C)cc2)=C1. The van der Waals surface area contributed by atoms with E-state index in [1.807, 2.05) is 0 Å². The molecular formula is C16H19. The molecular weight excluding hydrogens is 192 g/mol. The number of allylic oxidation sites excluding steroid dienone is 4. The number of hydrogen-bond donors (Lipinski definition) is 0. The first-order valence-corrected chi connectivity index (χ1v) is 5.99. The lowest BCUT2D eigenvalue weighted by Crippen LogP contribution is -1.93. The third-order valence-corrected chi connectivity index (χ3v) is 3.07. The van der Waals surface area contributed by atoms with Gasteiger partial charge in [-0.05, 0) is 42.4 Å². The van der Waals surface area contributed by atoms with Crippen molar-refractivity contribution < 1.29 is 0 Å². The van der Waals surface area contributed by atoms with Crippen molar-refractivity contribution in [3.63, 3.8) is 0 Å². The molecule has 0 fully saturated rings. The summed E-state index contributed by atoms with van der Waals surface area (Å²) in [5.41, 5.74) is 5.46. The molecule has 0 heterocycles. The zero-order chi connectivity index (χ0) is 11.5. The van der Waals surface area contributed by atoms with Crippen LogP contribution < -0.4 is 0 Å². The maximum atomic E-state index is 2.29. The highest BCUT2D eigenvalue weighted by atomic mass is 14.1. The van der Waals surface area contributed by atoms with E-state index in [0.717, 1.165) is 6.42 Å². The highest BCUT2D eigenvalue weighted by Gasteiger charge is 2.06. The Morgan fingerprint density at radius 1 is 1.06 bits per heavy atom. The molecule has 0 spiro atoms. The molecule has 0 amide bonds. The van der Waals surface area contributed by atoms with Gasteiger partial charge in [-0.15, -0.1) is 0 Å². The Hall–Kier alpha value is -1.30. The molecule has 1 aliphatic rings. The normalized spacial score (nSPS) is 16.0. The summed E-state index contributed by atoms with van der Waals surface area (Å²) in [7, 11) is 0. The van der Waals surface area contributed by atoms with Crippen molar-refractivity contribution in [2.45, 2.75) is 33.1 Å². The summed E-state index contributed by atoms with van der Waals surface area (Å²) in [6.45, 7) is 6.62.